The number of fused-ring (bicyclic) bond motifs is 5. The number of carbonyl (C=O) groups is 2. The van der Waals surface area contributed by atoms with Crippen molar-refractivity contribution >= 4 is 17.8 Å². The number of rotatable bonds is 6. The van der Waals surface area contributed by atoms with E-state index in [0.717, 1.165) is 6.42 Å². The highest BCUT2D eigenvalue weighted by Gasteiger charge is 2.58. The molecule has 1 heterocycles. The number of carbonyl (C=O) groups excluding carboxylic acids is 2. The van der Waals surface area contributed by atoms with Gasteiger partial charge in [-0.05, 0) is 25.2 Å². The molecule has 1 aromatic carbocycles. The maximum absolute atomic E-state index is 13.8. The molecule has 166 valence electrons. The monoisotopic (exact) mass is 438 g/mol. The number of guanidine groups is 1. The van der Waals surface area contributed by atoms with E-state index >= 15 is 0 Å². The first-order valence-electron chi connectivity index (χ1n) is 10.2. The van der Waals surface area contributed by atoms with Crippen LogP contribution >= 0.6 is 0 Å². The van der Waals surface area contributed by atoms with E-state index in [-0.39, 0.29) is 60.6 Å². The molecule has 2 N–H and O–H groups in total. The number of aliphatic imine (C=N–C) groups is 1. The lowest BCUT2D eigenvalue weighted by Crippen LogP contribution is -2.43. The first-order valence-corrected chi connectivity index (χ1v) is 10.2. The zero-order chi connectivity index (χ0) is 22.3. The van der Waals surface area contributed by atoms with Crippen molar-refractivity contribution < 1.29 is 27.2 Å². The minimum Gasteiger partial charge on any atom is -0.357 e. The van der Waals surface area contributed by atoms with Gasteiger partial charge in [-0.25, -0.2) is 22.6 Å². The van der Waals surface area contributed by atoms with Crippen LogP contribution in [0.5, 0.6) is 0 Å². The maximum atomic E-state index is 13.8. The van der Waals surface area contributed by atoms with Gasteiger partial charge in [-0.3, -0.25) is 14.5 Å². The molecule has 4 rings (SSSR count). The molecule has 1 aliphatic heterocycles. The van der Waals surface area contributed by atoms with Gasteiger partial charge in [0, 0.05) is 25.7 Å². The molecule has 1 aromatic rings. The smallest absolute Gasteiger partial charge is 0.233 e. The van der Waals surface area contributed by atoms with Gasteiger partial charge < -0.3 is 10.6 Å². The zero-order valence-electron chi connectivity index (χ0n) is 16.8. The predicted octanol–water partition coefficient (Wildman–Crippen LogP) is 2.11. The molecular formula is C21H22F4N4O2. The van der Waals surface area contributed by atoms with Gasteiger partial charge in [0.2, 0.25) is 11.8 Å². The third-order valence-corrected chi connectivity index (χ3v) is 6.13. The number of amides is 2. The van der Waals surface area contributed by atoms with Crippen molar-refractivity contribution in [1.82, 2.24) is 15.5 Å². The summed E-state index contributed by atoms with van der Waals surface area (Å²) in [5, 5.41) is 5.72. The highest BCUT2D eigenvalue weighted by molar-refractivity contribution is 6.06. The summed E-state index contributed by atoms with van der Waals surface area (Å²) < 4.78 is 54.4. The van der Waals surface area contributed by atoms with E-state index in [9.17, 15) is 27.2 Å². The SMILES string of the molecule is CCNC(=NCc1c(F)c(F)cc(F)c1F)NCCN1C(=O)C2C3C=CC(C3)C2C1=O. The fraction of sp³-hybridized carbons (Fsp3) is 0.476. The van der Waals surface area contributed by atoms with Crippen LogP contribution < -0.4 is 10.6 Å². The third-order valence-electron chi connectivity index (χ3n) is 6.13. The second-order valence-corrected chi connectivity index (χ2v) is 7.90. The number of nitrogens with one attached hydrogen (secondary N) is 2. The van der Waals surface area contributed by atoms with Gasteiger partial charge in [0.1, 0.15) is 0 Å². The van der Waals surface area contributed by atoms with Gasteiger partial charge in [-0.2, -0.15) is 0 Å². The molecule has 0 aromatic heterocycles. The summed E-state index contributed by atoms with van der Waals surface area (Å²) in [6.07, 6.45) is 4.88. The summed E-state index contributed by atoms with van der Waals surface area (Å²) in [6, 6.07) is 0.141. The van der Waals surface area contributed by atoms with Gasteiger partial charge >= 0.3 is 0 Å². The molecule has 1 saturated heterocycles. The number of imide groups is 1. The van der Waals surface area contributed by atoms with Crippen molar-refractivity contribution in [3.8, 4) is 0 Å². The van der Waals surface area contributed by atoms with Crippen LogP contribution in [-0.4, -0.2) is 42.3 Å². The van der Waals surface area contributed by atoms with E-state index in [2.05, 4.69) is 15.6 Å². The van der Waals surface area contributed by atoms with Gasteiger partial charge in [0.05, 0.1) is 23.9 Å². The second kappa shape index (κ2) is 8.32. The Kier molecular flexibility index (Phi) is 5.72. The lowest BCUT2D eigenvalue weighted by molar-refractivity contribution is -0.140. The first kappa shape index (κ1) is 21.3. The summed E-state index contributed by atoms with van der Waals surface area (Å²) >= 11 is 0. The molecule has 4 unspecified atom stereocenters. The summed E-state index contributed by atoms with van der Waals surface area (Å²) in [5.41, 5.74) is -0.824. The number of hydrogen-bond acceptors (Lipinski definition) is 3. The van der Waals surface area contributed by atoms with Crippen LogP contribution in [0.1, 0.15) is 18.9 Å². The summed E-state index contributed by atoms with van der Waals surface area (Å²) in [4.78, 5) is 30.6. The Balaban J connectivity index is 1.39. The quantitative estimate of drug-likeness (QED) is 0.178. The average Bonchev–Trinajstić information content (AvgIpc) is 3.42. The van der Waals surface area contributed by atoms with Gasteiger partial charge in [0.15, 0.2) is 29.2 Å². The van der Waals surface area contributed by atoms with Crippen molar-refractivity contribution in [1.29, 1.82) is 0 Å². The molecule has 4 atom stereocenters. The lowest BCUT2D eigenvalue weighted by Gasteiger charge is -2.18. The molecule has 0 spiro atoms. The van der Waals surface area contributed by atoms with Crippen LogP contribution in [0.2, 0.25) is 0 Å². The molecule has 2 fully saturated rings. The number of likely N-dealkylation sites (tertiary alicyclic amines) is 1. The third kappa shape index (κ3) is 3.68. The number of halogens is 4. The van der Waals surface area contributed by atoms with Crippen molar-refractivity contribution in [3.63, 3.8) is 0 Å². The Morgan fingerprint density at radius 2 is 1.61 bits per heavy atom. The largest absolute Gasteiger partial charge is 0.357 e. The topological polar surface area (TPSA) is 73.8 Å². The fourth-order valence-electron chi connectivity index (χ4n) is 4.73. The van der Waals surface area contributed by atoms with Crippen molar-refractivity contribution in [2.45, 2.75) is 19.9 Å². The predicted molar refractivity (Wildman–Crippen MR) is 104 cm³/mol. The summed E-state index contributed by atoms with van der Waals surface area (Å²) in [6.45, 7) is 1.81. The minimum atomic E-state index is -1.50. The van der Waals surface area contributed by atoms with Crippen molar-refractivity contribution in [2.75, 3.05) is 19.6 Å². The van der Waals surface area contributed by atoms with E-state index in [1.165, 1.54) is 4.90 Å². The van der Waals surface area contributed by atoms with Crippen LogP contribution in [0.4, 0.5) is 17.6 Å². The van der Waals surface area contributed by atoms with E-state index in [1.807, 2.05) is 12.2 Å². The van der Waals surface area contributed by atoms with E-state index in [4.69, 9.17) is 0 Å². The van der Waals surface area contributed by atoms with E-state index in [1.54, 1.807) is 6.92 Å². The normalized spacial score (nSPS) is 26.7. The van der Waals surface area contributed by atoms with Crippen LogP contribution in [0, 0.1) is 46.9 Å². The Morgan fingerprint density at radius 3 is 2.16 bits per heavy atom. The van der Waals surface area contributed by atoms with Gasteiger partial charge in [-0.1, -0.05) is 12.2 Å². The maximum Gasteiger partial charge on any atom is 0.233 e. The number of allylic oxidation sites excluding steroid dienone is 2. The van der Waals surface area contributed by atoms with E-state index in [0.29, 0.717) is 6.54 Å². The zero-order valence-corrected chi connectivity index (χ0v) is 16.8. The minimum absolute atomic E-state index is 0.117. The molecule has 6 nitrogen and oxygen atoms in total. The van der Waals surface area contributed by atoms with Crippen LogP contribution in [-0.2, 0) is 16.1 Å². The molecule has 2 amide bonds. The first-order chi connectivity index (χ1) is 14.8. The molecule has 0 radical (unpaired) electrons. The lowest BCUT2D eigenvalue weighted by atomic mass is 9.85. The Morgan fingerprint density at radius 1 is 1.03 bits per heavy atom. The van der Waals surface area contributed by atoms with E-state index < -0.39 is 35.4 Å². The molecule has 3 aliphatic rings. The number of nitrogens with zero attached hydrogens (tertiary/aromatic N) is 2. The Labute approximate surface area is 176 Å². The Bertz CT molecular complexity index is 924. The molecule has 2 bridgehead atoms. The average molecular weight is 438 g/mol. The van der Waals surface area contributed by atoms with Crippen LogP contribution in [0.15, 0.2) is 23.2 Å². The van der Waals surface area contributed by atoms with Crippen LogP contribution in [0.25, 0.3) is 0 Å². The number of benzene rings is 1. The highest BCUT2D eigenvalue weighted by Crippen LogP contribution is 2.52. The second-order valence-electron chi connectivity index (χ2n) is 7.90. The van der Waals surface area contributed by atoms with Gasteiger partial charge in [0.25, 0.3) is 0 Å². The molecular weight excluding hydrogens is 416 g/mol. The van der Waals surface area contributed by atoms with Crippen molar-refractivity contribution in [2.24, 2.45) is 28.7 Å². The molecule has 2 aliphatic carbocycles. The standard InChI is InChI=1S/C21H22F4N4O2/c1-2-26-21(28-9-12-17(24)13(22)8-14(23)18(12)25)27-5-6-29-19(30)15-10-3-4-11(7-10)16(15)20(29)31/h3-4,8,10-11,15-16H,2,5-7,9H2,1H3,(H2,26,27,28). The molecule has 1 saturated carbocycles. The highest BCUT2D eigenvalue weighted by atomic mass is 19.2. The Hall–Kier alpha value is -2.91. The summed E-state index contributed by atoms with van der Waals surface area (Å²) in [7, 11) is 0. The molecule has 31 heavy (non-hydrogen) atoms. The van der Waals surface area contributed by atoms with Crippen molar-refractivity contribution in [3.05, 3.63) is 47.1 Å². The summed E-state index contributed by atoms with van der Waals surface area (Å²) in [5.74, 6) is -6.51. The molecule has 10 heteroatoms. The fourth-order valence-corrected chi connectivity index (χ4v) is 4.73. The van der Waals surface area contributed by atoms with Crippen LogP contribution in [0.3, 0.4) is 0 Å². The van der Waals surface area contributed by atoms with Gasteiger partial charge in [-0.15, -0.1) is 0 Å². The number of hydrogen-bond donors (Lipinski definition) is 2.